The summed E-state index contributed by atoms with van der Waals surface area (Å²) in [6.07, 6.45) is 3.36. The van der Waals surface area contributed by atoms with E-state index in [1.807, 2.05) is 12.1 Å². The van der Waals surface area contributed by atoms with Crippen LogP contribution in [0, 0.1) is 0 Å². The summed E-state index contributed by atoms with van der Waals surface area (Å²) in [5.74, 6) is 0. The Morgan fingerprint density at radius 3 is 2.33 bits per heavy atom. The number of sulfone groups is 1. The fourth-order valence-electron chi connectivity index (χ4n) is 3.05. The van der Waals surface area contributed by atoms with Gasteiger partial charge in [-0.25, -0.2) is 8.42 Å². The van der Waals surface area contributed by atoms with Gasteiger partial charge in [0.15, 0.2) is 9.84 Å². The van der Waals surface area contributed by atoms with Crippen LogP contribution in [0.3, 0.4) is 0 Å². The molecule has 0 saturated carbocycles. The molecule has 0 N–H and O–H groups in total. The SMILES string of the molecule is CC(C)(C(Cl)c1ccc2c3c(cccc13)CC2)S(C)(=O)=O. The van der Waals surface area contributed by atoms with Crippen molar-refractivity contribution in [2.75, 3.05) is 6.26 Å². The van der Waals surface area contributed by atoms with Crippen molar-refractivity contribution in [2.45, 2.75) is 36.8 Å². The number of alkyl halides is 1. The van der Waals surface area contributed by atoms with Crippen LogP contribution in [0.15, 0.2) is 30.3 Å². The Morgan fingerprint density at radius 1 is 1.10 bits per heavy atom. The lowest BCUT2D eigenvalue weighted by Crippen LogP contribution is -2.35. The second kappa shape index (κ2) is 4.72. The first kappa shape index (κ1) is 14.9. The average molecular weight is 323 g/mol. The predicted octanol–water partition coefficient (Wildman–Crippen LogP) is 4.04. The summed E-state index contributed by atoms with van der Waals surface area (Å²) >= 11 is 6.61. The lowest BCUT2D eigenvalue weighted by Gasteiger charge is -2.29. The highest BCUT2D eigenvalue weighted by Gasteiger charge is 2.39. The van der Waals surface area contributed by atoms with Gasteiger partial charge in [-0.1, -0.05) is 30.3 Å². The molecule has 2 aromatic carbocycles. The molecule has 0 fully saturated rings. The molecule has 0 spiro atoms. The van der Waals surface area contributed by atoms with Crippen molar-refractivity contribution < 1.29 is 8.42 Å². The van der Waals surface area contributed by atoms with E-state index in [1.54, 1.807) is 13.8 Å². The predicted molar refractivity (Wildman–Crippen MR) is 88.9 cm³/mol. The zero-order valence-corrected chi connectivity index (χ0v) is 14.1. The number of benzene rings is 2. The monoisotopic (exact) mass is 322 g/mol. The van der Waals surface area contributed by atoms with Crippen LogP contribution < -0.4 is 0 Å². The Balaban J connectivity index is 2.24. The molecule has 0 heterocycles. The lowest BCUT2D eigenvalue weighted by atomic mass is 9.93. The van der Waals surface area contributed by atoms with Gasteiger partial charge in [-0.2, -0.15) is 0 Å². The van der Waals surface area contributed by atoms with Crippen LogP contribution in [0.2, 0.25) is 0 Å². The average Bonchev–Trinajstić information content (AvgIpc) is 2.83. The van der Waals surface area contributed by atoms with Crippen LogP contribution in [-0.4, -0.2) is 19.4 Å². The van der Waals surface area contributed by atoms with Gasteiger partial charge in [0.25, 0.3) is 0 Å². The molecule has 1 atom stereocenters. The third-order valence-corrected chi connectivity index (χ3v) is 7.81. The Bertz CT molecular complexity index is 812. The molecule has 0 bridgehead atoms. The number of hydrogen-bond acceptors (Lipinski definition) is 2. The second-order valence-electron chi connectivity index (χ2n) is 6.39. The molecule has 3 rings (SSSR count). The Hall–Kier alpha value is -1.06. The number of hydrogen-bond donors (Lipinski definition) is 0. The summed E-state index contributed by atoms with van der Waals surface area (Å²) < 4.78 is 23.1. The molecule has 0 aromatic heterocycles. The Labute approximate surface area is 131 Å². The van der Waals surface area contributed by atoms with E-state index in [1.165, 1.54) is 22.8 Å². The summed E-state index contributed by atoms with van der Waals surface area (Å²) in [7, 11) is -3.25. The molecule has 1 unspecified atom stereocenters. The van der Waals surface area contributed by atoms with Gasteiger partial charge >= 0.3 is 0 Å². The van der Waals surface area contributed by atoms with Crippen molar-refractivity contribution >= 4 is 32.2 Å². The van der Waals surface area contributed by atoms with Gasteiger partial charge in [0, 0.05) is 6.26 Å². The third kappa shape index (κ3) is 2.18. The standard InChI is InChI=1S/C17H19ClO2S/c1-17(2,21(3,19)20)16(18)14-10-9-12-8-7-11-5-4-6-13(14)15(11)12/h4-6,9-10,16H,7-8H2,1-3H3. The molecule has 112 valence electrons. The van der Waals surface area contributed by atoms with Gasteiger partial charge in [0.2, 0.25) is 0 Å². The summed E-state index contributed by atoms with van der Waals surface area (Å²) in [6, 6.07) is 10.3. The van der Waals surface area contributed by atoms with Crippen molar-refractivity contribution in [1.82, 2.24) is 0 Å². The molecular formula is C17H19ClO2S. The molecular weight excluding hydrogens is 304 g/mol. The van der Waals surface area contributed by atoms with E-state index < -0.39 is 20.0 Å². The summed E-state index contributed by atoms with van der Waals surface area (Å²) in [4.78, 5) is 0. The van der Waals surface area contributed by atoms with Crippen molar-refractivity contribution in [2.24, 2.45) is 0 Å². The molecule has 0 saturated heterocycles. The normalized spacial score (nSPS) is 16.4. The van der Waals surface area contributed by atoms with Crippen LogP contribution in [0.25, 0.3) is 10.8 Å². The fraction of sp³-hybridized carbons (Fsp3) is 0.412. The van der Waals surface area contributed by atoms with Crippen molar-refractivity contribution in [3.8, 4) is 0 Å². The van der Waals surface area contributed by atoms with E-state index in [0.29, 0.717) is 0 Å². The minimum Gasteiger partial charge on any atom is -0.229 e. The van der Waals surface area contributed by atoms with Crippen molar-refractivity contribution in [3.05, 3.63) is 47.0 Å². The van der Waals surface area contributed by atoms with Crippen LogP contribution in [0.1, 0.15) is 35.9 Å². The van der Waals surface area contributed by atoms with Gasteiger partial charge in [-0.3, -0.25) is 0 Å². The van der Waals surface area contributed by atoms with E-state index in [9.17, 15) is 8.42 Å². The first-order chi connectivity index (χ1) is 9.73. The zero-order valence-electron chi connectivity index (χ0n) is 12.5. The fourth-order valence-corrected chi connectivity index (χ4v) is 4.23. The highest BCUT2D eigenvalue weighted by Crippen LogP contribution is 2.43. The molecule has 21 heavy (non-hydrogen) atoms. The van der Waals surface area contributed by atoms with Crippen LogP contribution in [-0.2, 0) is 22.7 Å². The second-order valence-corrected chi connectivity index (χ2v) is 9.42. The van der Waals surface area contributed by atoms with E-state index in [0.717, 1.165) is 23.8 Å². The maximum atomic E-state index is 12.1. The summed E-state index contributed by atoms with van der Waals surface area (Å²) in [5, 5.41) is 1.79. The van der Waals surface area contributed by atoms with Gasteiger partial charge < -0.3 is 0 Å². The van der Waals surface area contributed by atoms with E-state index in [2.05, 4.69) is 18.2 Å². The first-order valence-corrected chi connectivity index (χ1v) is 9.43. The largest absolute Gasteiger partial charge is 0.229 e. The van der Waals surface area contributed by atoms with Crippen LogP contribution >= 0.6 is 11.6 Å². The molecule has 1 aliphatic rings. The minimum absolute atomic E-state index is 0.572. The molecule has 0 amide bonds. The van der Waals surface area contributed by atoms with Gasteiger partial charge in [0.05, 0.1) is 10.1 Å². The Morgan fingerprint density at radius 2 is 1.71 bits per heavy atom. The quantitative estimate of drug-likeness (QED) is 0.799. The highest BCUT2D eigenvalue weighted by molar-refractivity contribution is 7.92. The molecule has 0 radical (unpaired) electrons. The highest BCUT2D eigenvalue weighted by atomic mass is 35.5. The van der Waals surface area contributed by atoms with E-state index >= 15 is 0 Å². The lowest BCUT2D eigenvalue weighted by molar-refractivity contribution is 0.544. The molecule has 2 aromatic rings. The number of rotatable bonds is 3. The topological polar surface area (TPSA) is 34.1 Å². The maximum Gasteiger partial charge on any atom is 0.154 e. The van der Waals surface area contributed by atoms with Gasteiger partial charge in [-0.05, 0) is 54.2 Å². The van der Waals surface area contributed by atoms with Crippen molar-refractivity contribution in [3.63, 3.8) is 0 Å². The Kier molecular flexibility index (Phi) is 3.34. The molecule has 0 aliphatic heterocycles. The number of aryl methyl sites for hydroxylation is 2. The minimum atomic E-state index is -3.25. The zero-order chi connectivity index (χ0) is 15.4. The van der Waals surface area contributed by atoms with E-state index in [-0.39, 0.29) is 0 Å². The number of halogens is 1. The maximum absolute atomic E-state index is 12.1. The summed E-state index contributed by atoms with van der Waals surface area (Å²) in [6.45, 7) is 3.40. The van der Waals surface area contributed by atoms with Gasteiger partial charge in [-0.15, -0.1) is 11.6 Å². The first-order valence-electron chi connectivity index (χ1n) is 7.10. The third-order valence-electron chi connectivity index (χ3n) is 4.75. The van der Waals surface area contributed by atoms with Gasteiger partial charge in [0.1, 0.15) is 0 Å². The molecule has 1 aliphatic carbocycles. The smallest absolute Gasteiger partial charge is 0.154 e. The van der Waals surface area contributed by atoms with E-state index in [4.69, 9.17) is 11.6 Å². The molecule has 2 nitrogen and oxygen atoms in total. The van der Waals surface area contributed by atoms with Crippen molar-refractivity contribution in [1.29, 1.82) is 0 Å². The summed E-state index contributed by atoms with van der Waals surface area (Å²) in [5.41, 5.74) is 3.59. The molecule has 4 heteroatoms. The van der Waals surface area contributed by atoms with Crippen LogP contribution in [0.5, 0.6) is 0 Å². The van der Waals surface area contributed by atoms with Crippen LogP contribution in [0.4, 0.5) is 0 Å².